The second kappa shape index (κ2) is 5.37. The van der Waals surface area contributed by atoms with E-state index in [0.717, 1.165) is 29.9 Å². The number of benzene rings is 1. The van der Waals surface area contributed by atoms with Crippen molar-refractivity contribution < 1.29 is 9.53 Å². The summed E-state index contributed by atoms with van der Waals surface area (Å²) in [5.74, 6) is 0.292. The van der Waals surface area contributed by atoms with Crippen LogP contribution in [-0.4, -0.2) is 13.1 Å². The predicted octanol–water partition coefficient (Wildman–Crippen LogP) is 3.71. The van der Waals surface area contributed by atoms with Gasteiger partial charge in [-0.25, -0.2) is 4.79 Å². The van der Waals surface area contributed by atoms with Gasteiger partial charge in [0.25, 0.3) is 0 Å². The summed E-state index contributed by atoms with van der Waals surface area (Å²) in [5.41, 5.74) is 2.09. The molecule has 3 heteroatoms. The Bertz CT molecular complexity index is 434. The molecule has 1 atom stereocenters. The van der Waals surface area contributed by atoms with Crippen molar-refractivity contribution in [2.24, 2.45) is 0 Å². The highest BCUT2D eigenvalue weighted by atomic mass is 35.5. The van der Waals surface area contributed by atoms with E-state index in [0.29, 0.717) is 5.92 Å². The van der Waals surface area contributed by atoms with Gasteiger partial charge in [-0.1, -0.05) is 29.8 Å². The molecule has 0 aromatic heterocycles. The summed E-state index contributed by atoms with van der Waals surface area (Å²) in [7, 11) is 1.43. The van der Waals surface area contributed by atoms with Gasteiger partial charge >= 0.3 is 5.97 Å². The van der Waals surface area contributed by atoms with Gasteiger partial charge in [0.2, 0.25) is 0 Å². The van der Waals surface area contributed by atoms with E-state index in [2.05, 4.69) is 12.1 Å². The number of carbonyl (C=O) groups is 1. The molecule has 0 bridgehead atoms. The van der Waals surface area contributed by atoms with E-state index in [4.69, 9.17) is 16.3 Å². The highest BCUT2D eigenvalue weighted by molar-refractivity contribution is 6.30. The molecular formula is C14H15ClO2. The molecule has 1 aromatic carbocycles. The maximum absolute atomic E-state index is 11.3. The molecule has 90 valence electrons. The van der Waals surface area contributed by atoms with Crippen molar-refractivity contribution in [2.75, 3.05) is 7.11 Å². The molecule has 1 aliphatic rings. The minimum atomic E-state index is -0.195. The highest BCUT2D eigenvalue weighted by Crippen LogP contribution is 2.32. The Morgan fingerprint density at radius 2 is 2.06 bits per heavy atom. The average Bonchev–Trinajstić information content (AvgIpc) is 2.39. The van der Waals surface area contributed by atoms with Crippen molar-refractivity contribution in [1.82, 2.24) is 0 Å². The number of halogens is 1. The standard InChI is InChI=1S/C14H15ClO2/c1-17-14(16)12-4-2-10(3-5-12)11-6-8-13(15)9-7-11/h4,6-10H,2-3,5H2,1H3. The van der Waals surface area contributed by atoms with Crippen molar-refractivity contribution in [2.45, 2.75) is 25.2 Å². The average molecular weight is 251 g/mol. The second-order valence-electron chi connectivity index (χ2n) is 4.24. The number of hydrogen-bond acceptors (Lipinski definition) is 2. The molecule has 17 heavy (non-hydrogen) atoms. The predicted molar refractivity (Wildman–Crippen MR) is 68.1 cm³/mol. The lowest BCUT2D eigenvalue weighted by molar-refractivity contribution is -0.136. The summed E-state index contributed by atoms with van der Waals surface area (Å²) in [6.45, 7) is 0. The second-order valence-corrected chi connectivity index (χ2v) is 4.68. The molecule has 0 heterocycles. The number of ether oxygens (including phenoxy) is 1. The van der Waals surface area contributed by atoms with Gasteiger partial charge in [-0.05, 0) is 42.9 Å². The molecule has 0 saturated carbocycles. The lowest BCUT2D eigenvalue weighted by atomic mass is 9.85. The largest absolute Gasteiger partial charge is 0.466 e. The fourth-order valence-corrected chi connectivity index (χ4v) is 2.31. The van der Waals surface area contributed by atoms with Crippen LogP contribution in [0.4, 0.5) is 0 Å². The minimum absolute atomic E-state index is 0.195. The quantitative estimate of drug-likeness (QED) is 0.748. The topological polar surface area (TPSA) is 26.3 Å². The van der Waals surface area contributed by atoms with Crippen LogP contribution in [0.5, 0.6) is 0 Å². The Hall–Kier alpha value is -1.28. The highest BCUT2D eigenvalue weighted by Gasteiger charge is 2.20. The molecular weight excluding hydrogens is 236 g/mol. The third-order valence-corrected chi connectivity index (χ3v) is 3.45. The van der Waals surface area contributed by atoms with Crippen LogP contribution >= 0.6 is 11.6 Å². The SMILES string of the molecule is COC(=O)C1=CCC(c2ccc(Cl)cc2)CC1. The monoisotopic (exact) mass is 250 g/mol. The summed E-state index contributed by atoms with van der Waals surface area (Å²) >= 11 is 5.86. The van der Waals surface area contributed by atoms with Gasteiger partial charge in [-0.15, -0.1) is 0 Å². The molecule has 0 spiro atoms. The molecule has 0 radical (unpaired) electrons. The Kier molecular flexibility index (Phi) is 3.85. The molecule has 1 unspecified atom stereocenters. The van der Waals surface area contributed by atoms with E-state index in [1.165, 1.54) is 12.7 Å². The molecule has 1 aromatic rings. The van der Waals surface area contributed by atoms with Crippen molar-refractivity contribution in [3.8, 4) is 0 Å². The van der Waals surface area contributed by atoms with Gasteiger partial charge in [0.1, 0.15) is 0 Å². The molecule has 0 N–H and O–H groups in total. The fourth-order valence-electron chi connectivity index (χ4n) is 2.19. The first-order chi connectivity index (χ1) is 8.20. The van der Waals surface area contributed by atoms with Crippen LogP contribution < -0.4 is 0 Å². The first-order valence-corrected chi connectivity index (χ1v) is 6.11. The van der Waals surface area contributed by atoms with Crippen LogP contribution in [0.25, 0.3) is 0 Å². The molecule has 0 amide bonds. The molecule has 2 nitrogen and oxygen atoms in total. The van der Waals surface area contributed by atoms with Gasteiger partial charge < -0.3 is 4.74 Å². The summed E-state index contributed by atoms with van der Waals surface area (Å²) in [6.07, 6.45) is 4.67. The molecule has 0 fully saturated rings. The lowest BCUT2D eigenvalue weighted by Crippen LogP contribution is -2.11. The first-order valence-electron chi connectivity index (χ1n) is 5.73. The normalized spacial score (nSPS) is 19.6. The molecule has 0 aliphatic heterocycles. The zero-order chi connectivity index (χ0) is 12.3. The number of carbonyl (C=O) groups excluding carboxylic acids is 1. The number of esters is 1. The van der Waals surface area contributed by atoms with Gasteiger partial charge in [-0.3, -0.25) is 0 Å². The van der Waals surface area contributed by atoms with E-state index in [9.17, 15) is 4.79 Å². The number of allylic oxidation sites excluding steroid dienone is 1. The summed E-state index contributed by atoms with van der Waals surface area (Å²) in [5, 5.41) is 0.760. The van der Waals surface area contributed by atoms with Crippen LogP contribution in [0.3, 0.4) is 0 Å². The molecule has 0 saturated heterocycles. The smallest absolute Gasteiger partial charge is 0.333 e. The van der Waals surface area contributed by atoms with E-state index in [1.54, 1.807) is 0 Å². The van der Waals surface area contributed by atoms with Gasteiger partial charge in [0.05, 0.1) is 7.11 Å². The van der Waals surface area contributed by atoms with Crippen molar-refractivity contribution >= 4 is 17.6 Å². The van der Waals surface area contributed by atoms with Gasteiger partial charge in [-0.2, -0.15) is 0 Å². The van der Waals surface area contributed by atoms with Crippen LogP contribution in [0.1, 0.15) is 30.7 Å². The van der Waals surface area contributed by atoms with E-state index in [1.807, 2.05) is 18.2 Å². The first kappa shape index (κ1) is 12.2. The molecule has 1 aliphatic carbocycles. The van der Waals surface area contributed by atoms with E-state index in [-0.39, 0.29) is 5.97 Å². The Balaban J connectivity index is 2.06. The number of methoxy groups -OCH3 is 1. The summed E-state index contributed by atoms with van der Waals surface area (Å²) in [4.78, 5) is 11.3. The maximum Gasteiger partial charge on any atom is 0.333 e. The van der Waals surface area contributed by atoms with Crippen LogP contribution in [0, 0.1) is 0 Å². The van der Waals surface area contributed by atoms with Crippen LogP contribution in [0.15, 0.2) is 35.9 Å². The molecule has 2 rings (SSSR count). The van der Waals surface area contributed by atoms with Crippen LogP contribution in [-0.2, 0) is 9.53 Å². The Morgan fingerprint density at radius 3 is 2.59 bits per heavy atom. The van der Waals surface area contributed by atoms with E-state index < -0.39 is 0 Å². The Morgan fingerprint density at radius 1 is 1.35 bits per heavy atom. The zero-order valence-electron chi connectivity index (χ0n) is 9.78. The van der Waals surface area contributed by atoms with Crippen LogP contribution in [0.2, 0.25) is 5.02 Å². The van der Waals surface area contributed by atoms with Crippen molar-refractivity contribution in [3.63, 3.8) is 0 Å². The van der Waals surface area contributed by atoms with Gasteiger partial charge in [0.15, 0.2) is 0 Å². The third-order valence-electron chi connectivity index (χ3n) is 3.20. The third kappa shape index (κ3) is 2.89. The Labute approximate surface area is 106 Å². The number of hydrogen-bond donors (Lipinski definition) is 0. The van der Waals surface area contributed by atoms with E-state index >= 15 is 0 Å². The zero-order valence-corrected chi connectivity index (χ0v) is 10.5. The van der Waals surface area contributed by atoms with Gasteiger partial charge in [0, 0.05) is 10.6 Å². The lowest BCUT2D eigenvalue weighted by Gasteiger charge is -2.21. The summed E-state index contributed by atoms with van der Waals surface area (Å²) < 4.78 is 4.72. The maximum atomic E-state index is 11.3. The summed E-state index contributed by atoms with van der Waals surface area (Å²) in [6, 6.07) is 7.95. The minimum Gasteiger partial charge on any atom is -0.466 e. The van der Waals surface area contributed by atoms with Crippen molar-refractivity contribution in [3.05, 3.63) is 46.5 Å². The van der Waals surface area contributed by atoms with Crippen molar-refractivity contribution in [1.29, 1.82) is 0 Å². The number of rotatable bonds is 2. The fraction of sp³-hybridized carbons (Fsp3) is 0.357.